The molecule has 1 saturated heterocycles. The van der Waals surface area contributed by atoms with Crippen LogP contribution in [0.1, 0.15) is 44.9 Å². The second kappa shape index (κ2) is 3.35. The van der Waals surface area contributed by atoms with Crippen molar-refractivity contribution in [3.05, 3.63) is 0 Å². The van der Waals surface area contributed by atoms with Crippen molar-refractivity contribution < 1.29 is 5.11 Å². The largest absolute Gasteiger partial charge is 0.393 e. The summed E-state index contributed by atoms with van der Waals surface area (Å²) in [5, 5.41) is 13.2. The van der Waals surface area contributed by atoms with Gasteiger partial charge in [0.05, 0.1) is 6.10 Å². The molecule has 2 aliphatic rings. The molecule has 0 bridgehead atoms. The molecule has 0 aromatic carbocycles. The highest BCUT2D eigenvalue weighted by molar-refractivity contribution is 4.95. The van der Waals surface area contributed by atoms with Gasteiger partial charge in [0.1, 0.15) is 0 Å². The SMILES string of the molecule is O[C@@H]1CCNC2(CCCCC2)C1. The van der Waals surface area contributed by atoms with Crippen molar-refractivity contribution >= 4 is 0 Å². The predicted octanol–water partition coefficient (Wildman–Crippen LogP) is 1.43. The molecule has 0 aromatic heterocycles. The average molecular weight is 169 g/mol. The van der Waals surface area contributed by atoms with Gasteiger partial charge < -0.3 is 10.4 Å². The third kappa shape index (κ3) is 1.64. The summed E-state index contributed by atoms with van der Waals surface area (Å²) in [7, 11) is 0. The normalized spacial score (nSPS) is 35.2. The molecule has 2 fully saturated rings. The molecule has 1 atom stereocenters. The van der Waals surface area contributed by atoms with E-state index in [1.54, 1.807) is 0 Å². The molecule has 0 unspecified atom stereocenters. The van der Waals surface area contributed by atoms with Crippen LogP contribution in [0.4, 0.5) is 0 Å². The standard InChI is InChI=1S/C10H19NO/c12-9-4-7-11-10(8-9)5-2-1-3-6-10/h9,11-12H,1-8H2/t9-/m1/s1. The molecule has 2 rings (SSSR count). The topological polar surface area (TPSA) is 32.3 Å². The van der Waals surface area contributed by atoms with Crippen molar-refractivity contribution in [2.24, 2.45) is 0 Å². The molecule has 12 heavy (non-hydrogen) atoms. The van der Waals surface area contributed by atoms with Crippen molar-refractivity contribution in [2.45, 2.75) is 56.6 Å². The van der Waals surface area contributed by atoms with Gasteiger partial charge in [-0.2, -0.15) is 0 Å². The van der Waals surface area contributed by atoms with Crippen LogP contribution < -0.4 is 5.32 Å². The smallest absolute Gasteiger partial charge is 0.0569 e. The molecule has 1 aliphatic heterocycles. The first-order chi connectivity index (χ1) is 5.81. The lowest BCUT2D eigenvalue weighted by Crippen LogP contribution is -2.53. The van der Waals surface area contributed by atoms with Crippen LogP contribution in [0.3, 0.4) is 0 Å². The Hall–Kier alpha value is -0.0800. The van der Waals surface area contributed by atoms with E-state index in [-0.39, 0.29) is 6.10 Å². The number of nitrogens with one attached hydrogen (secondary N) is 1. The number of hydrogen-bond acceptors (Lipinski definition) is 2. The minimum atomic E-state index is -0.0376. The lowest BCUT2D eigenvalue weighted by Gasteiger charge is -2.43. The van der Waals surface area contributed by atoms with Crippen LogP contribution in [-0.2, 0) is 0 Å². The Bertz CT molecular complexity index is 146. The maximum Gasteiger partial charge on any atom is 0.0569 e. The van der Waals surface area contributed by atoms with Gasteiger partial charge in [-0.15, -0.1) is 0 Å². The van der Waals surface area contributed by atoms with Crippen LogP contribution in [-0.4, -0.2) is 23.3 Å². The highest BCUT2D eigenvalue weighted by atomic mass is 16.3. The predicted molar refractivity (Wildman–Crippen MR) is 49.1 cm³/mol. The molecule has 1 saturated carbocycles. The zero-order chi connectivity index (χ0) is 8.44. The fourth-order valence-electron chi connectivity index (χ4n) is 2.74. The summed E-state index contributed by atoms with van der Waals surface area (Å²) in [6.07, 6.45) is 8.55. The monoisotopic (exact) mass is 169 g/mol. The van der Waals surface area contributed by atoms with Gasteiger partial charge in [-0.25, -0.2) is 0 Å². The minimum absolute atomic E-state index is 0.0376. The molecule has 1 spiro atoms. The van der Waals surface area contributed by atoms with Crippen molar-refractivity contribution in [1.29, 1.82) is 0 Å². The van der Waals surface area contributed by atoms with Gasteiger partial charge in [-0.05, 0) is 32.2 Å². The van der Waals surface area contributed by atoms with Crippen molar-refractivity contribution in [3.63, 3.8) is 0 Å². The molecule has 1 aliphatic carbocycles. The Labute approximate surface area is 74.4 Å². The van der Waals surface area contributed by atoms with Gasteiger partial charge in [0, 0.05) is 5.54 Å². The Balaban J connectivity index is 1.97. The quantitative estimate of drug-likeness (QED) is 0.575. The molecule has 0 radical (unpaired) electrons. The van der Waals surface area contributed by atoms with E-state index in [2.05, 4.69) is 5.32 Å². The Morgan fingerprint density at radius 3 is 2.58 bits per heavy atom. The molecule has 1 heterocycles. The van der Waals surface area contributed by atoms with Gasteiger partial charge >= 0.3 is 0 Å². The van der Waals surface area contributed by atoms with Crippen LogP contribution in [0.5, 0.6) is 0 Å². The molecule has 2 heteroatoms. The van der Waals surface area contributed by atoms with Gasteiger partial charge in [0.15, 0.2) is 0 Å². The molecule has 0 amide bonds. The average Bonchev–Trinajstić information content (AvgIpc) is 2.05. The van der Waals surface area contributed by atoms with Crippen molar-refractivity contribution in [1.82, 2.24) is 5.32 Å². The van der Waals surface area contributed by atoms with E-state index < -0.39 is 0 Å². The van der Waals surface area contributed by atoms with Crippen molar-refractivity contribution in [2.75, 3.05) is 6.54 Å². The van der Waals surface area contributed by atoms with Gasteiger partial charge in [-0.3, -0.25) is 0 Å². The van der Waals surface area contributed by atoms with E-state index in [4.69, 9.17) is 0 Å². The molecule has 70 valence electrons. The number of aliphatic hydroxyl groups excluding tert-OH is 1. The lowest BCUT2D eigenvalue weighted by molar-refractivity contribution is 0.0585. The Kier molecular flexibility index (Phi) is 2.37. The summed E-state index contributed by atoms with van der Waals surface area (Å²) in [5.74, 6) is 0. The molecule has 2 nitrogen and oxygen atoms in total. The van der Waals surface area contributed by atoms with E-state index >= 15 is 0 Å². The second-order valence-corrected chi connectivity index (χ2v) is 4.41. The maximum absolute atomic E-state index is 9.59. The highest BCUT2D eigenvalue weighted by Gasteiger charge is 2.35. The maximum atomic E-state index is 9.59. The van der Waals surface area contributed by atoms with Crippen LogP contribution in [0.25, 0.3) is 0 Å². The van der Waals surface area contributed by atoms with E-state index in [1.165, 1.54) is 32.1 Å². The fraction of sp³-hybridized carbons (Fsp3) is 1.00. The number of rotatable bonds is 0. The summed E-state index contributed by atoms with van der Waals surface area (Å²) >= 11 is 0. The second-order valence-electron chi connectivity index (χ2n) is 4.41. The molecular weight excluding hydrogens is 150 g/mol. The van der Waals surface area contributed by atoms with Crippen LogP contribution >= 0.6 is 0 Å². The van der Waals surface area contributed by atoms with E-state index in [1.807, 2.05) is 0 Å². The van der Waals surface area contributed by atoms with E-state index in [0.29, 0.717) is 5.54 Å². The third-order valence-electron chi connectivity index (χ3n) is 3.41. The first-order valence-corrected chi connectivity index (χ1v) is 5.24. The third-order valence-corrected chi connectivity index (χ3v) is 3.41. The lowest BCUT2D eigenvalue weighted by atomic mass is 9.75. The summed E-state index contributed by atoms with van der Waals surface area (Å²) in [6, 6.07) is 0. The van der Waals surface area contributed by atoms with Crippen LogP contribution in [0, 0.1) is 0 Å². The first kappa shape index (κ1) is 8.52. The summed E-state index contributed by atoms with van der Waals surface area (Å²) < 4.78 is 0. The van der Waals surface area contributed by atoms with Gasteiger partial charge in [0.2, 0.25) is 0 Å². The molecular formula is C10H19NO. The zero-order valence-corrected chi connectivity index (χ0v) is 7.68. The minimum Gasteiger partial charge on any atom is -0.393 e. The number of aliphatic hydroxyl groups is 1. The molecule has 0 aromatic rings. The van der Waals surface area contributed by atoms with Gasteiger partial charge in [0.25, 0.3) is 0 Å². The van der Waals surface area contributed by atoms with Crippen LogP contribution in [0.2, 0.25) is 0 Å². The summed E-state index contributed by atoms with van der Waals surface area (Å²) in [6.45, 7) is 1.02. The van der Waals surface area contributed by atoms with Crippen LogP contribution in [0.15, 0.2) is 0 Å². The molecule has 2 N–H and O–H groups in total. The van der Waals surface area contributed by atoms with Crippen molar-refractivity contribution in [3.8, 4) is 0 Å². The van der Waals surface area contributed by atoms with Gasteiger partial charge in [-0.1, -0.05) is 19.3 Å². The number of hydrogen-bond donors (Lipinski definition) is 2. The fourth-order valence-corrected chi connectivity index (χ4v) is 2.74. The Morgan fingerprint density at radius 1 is 1.17 bits per heavy atom. The van der Waals surface area contributed by atoms with E-state index in [9.17, 15) is 5.11 Å². The Morgan fingerprint density at radius 2 is 1.92 bits per heavy atom. The number of piperidine rings is 1. The zero-order valence-electron chi connectivity index (χ0n) is 7.68. The summed E-state index contributed by atoms with van der Waals surface area (Å²) in [5.41, 5.74) is 0.329. The van der Waals surface area contributed by atoms with E-state index in [0.717, 1.165) is 19.4 Å². The summed E-state index contributed by atoms with van der Waals surface area (Å²) in [4.78, 5) is 0. The first-order valence-electron chi connectivity index (χ1n) is 5.24. The highest BCUT2D eigenvalue weighted by Crippen LogP contribution is 2.34.